The SMILES string of the molecule is CN(C(=O)C1CCCCC1)c1nc2ccccc2c(=O)s1. The van der Waals surface area contributed by atoms with E-state index in [4.69, 9.17) is 0 Å². The van der Waals surface area contributed by atoms with Crippen molar-refractivity contribution in [3.63, 3.8) is 0 Å². The molecule has 0 aliphatic heterocycles. The number of amides is 1. The van der Waals surface area contributed by atoms with Crippen LogP contribution < -0.4 is 9.64 Å². The van der Waals surface area contributed by atoms with Crippen molar-refractivity contribution in [3.8, 4) is 0 Å². The Balaban J connectivity index is 1.92. The van der Waals surface area contributed by atoms with Crippen LogP contribution in [-0.2, 0) is 4.79 Å². The molecular weight excluding hydrogens is 284 g/mol. The zero-order chi connectivity index (χ0) is 14.8. The van der Waals surface area contributed by atoms with E-state index < -0.39 is 0 Å². The molecule has 0 atom stereocenters. The zero-order valence-corrected chi connectivity index (χ0v) is 12.9. The summed E-state index contributed by atoms with van der Waals surface area (Å²) in [6.45, 7) is 0. The topological polar surface area (TPSA) is 50.3 Å². The second kappa shape index (κ2) is 5.93. The van der Waals surface area contributed by atoms with E-state index in [2.05, 4.69) is 4.98 Å². The summed E-state index contributed by atoms with van der Waals surface area (Å²) in [6.07, 6.45) is 5.35. The van der Waals surface area contributed by atoms with Gasteiger partial charge >= 0.3 is 0 Å². The molecule has 1 amide bonds. The van der Waals surface area contributed by atoms with Crippen LogP contribution in [0, 0.1) is 5.92 Å². The lowest BCUT2D eigenvalue weighted by Crippen LogP contribution is -2.34. The molecule has 0 unspecified atom stereocenters. The van der Waals surface area contributed by atoms with E-state index in [0.29, 0.717) is 16.0 Å². The molecule has 3 rings (SSSR count). The average molecular weight is 302 g/mol. The third-order valence-electron chi connectivity index (χ3n) is 4.10. The van der Waals surface area contributed by atoms with Crippen molar-refractivity contribution >= 4 is 33.3 Å². The Morgan fingerprint density at radius 3 is 2.71 bits per heavy atom. The fourth-order valence-electron chi connectivity index (χ4n) is 2.87. The third-order valence-corrected chi connectivity index (χ3v) is 5.05. The predicted molar refractivity (Wildman–Crippen MR) is 85.9 cm³/mol. The van der Waals surface area contributed by atoms with Crippen molar-refractivity contribution < 1.29 is 4.79 Å². The van der Waals surface area contributed by atoms with E-state index in [9.17, 15) is 9.59 Å². The molecule has 0 radical (unpaired) electrons. The van der Waals surface area contributed by atoms with Crippen molar-refractivity contribution in [2.24, 2.45) is 5.92 Å². The normalized spacial score (nSPS) is 16.0. The van der Waals surface area contributed by atoms with Crippen LogP contribution >= 0.6 is 11.3 Å². The molecule has 0 saturated heterocycles. The monoisotopic (exact) mass is 302 g/mol. The summed E-state index contributed by atoms with van der Waals surface area (Å²) >= 11 is 1.05. The van der Waals surface area contributed by atoms with Gasteiger partial charge in [0.25, 0.3) is 0 Å². The Hall–Kier alpha value is -1.75. The first kappa shape index (κ1) is 14.2. The highest BCUT2D eigenvalue weighted by atomic mass is 32.1. The molecule has 1 saturated carbocycles. The zero-order valence-electron chi connectivity index (χ0n) is 12.0. The first-order chi connectivity index (χ1) is 10.2. The smallest absolute Gasteiger partial charge is 0.245 e. The quantitative estimate of drug-likeness (QED) is 0.856. The number of para-hydroxylation sites is 1. The number of hydrogen-bond acceptors (Lipinski definition) is 4. The van der Waals surface area contributed by atoms with Gasteiger partial charge in [0.2, 0.25) is 10.6 Å². The van der Waals surface area contributed by atoms with Gasteiger partial charge in [-0.25, -0.2) is 4.98 Å². The molecule has 1 fully saturated rings. The van der Waals surface area contributed by atoms with Crippen LogP contribution in [0.15, 0.2) is 29.1 Å². The van der Waals surface area contributed by atoms with E-state index in [1.165, 1.54) is 6.42 Å². The molecule has 4 nitrogen and oxygen atoms in total. The number of anilines is 1. The molecule has 2 aromatic rings. The van der Waals surface area contributed by atoms with Crippen molar-refractivity contribution in [3.05, 3.63) is 33.8 Å². The highest BCUT2D eigenvalue weighted by Crippen LogP contribution is 2.27. The second-order valence-corrected chi connectivity index (χ2v) is 6.47. The number of carbonyl (C=O) groups is 1. The molecule has 21 heavy (non-hydrogen) atoms. The molecule has 5 heteroatoms. The van der Waals surface area contributed by atoms with Crippen molar-refractivity contribution in [2.75, 3.05) is 11.9 Å². The number of nitrogens with zero attached hydrogens (tertiary/aromatic N) is 2. The minimum atomic E-state index is -0.0427. The van der Waals surface area contributed by atoms with Crippen LogP contribution in [0.2, 0.25) is 0 Å². The number of fused-ring (bicyclic) bond motifs is 1. The molecule has 0 bridgehead atoms. The molecule has 0 N–H and O–H groups in total. The molecule has 1 aromatic carbocycles. The van der Waals surface area contributed by atoms with E-state index in [1.807, 2.05) is 18.2 Å². The van der Waals surface area contributed by atoms with Gasteiger partial charge in [0, 0.05) is 13.0 Å². The fourth-order valence-corrected chi connectivity index (χ4v) is 3.69. The molecule has 1 aliphatic carbocycles. The summed E-state index contributed by atoms with van der Waals surface area (Å²) in [6, 6.07) is 7.26. The molecule has 0 spiro atoms. The van der Waals surface area contributed by atoms with Gasteiger partial charge in [-0.2, -0.15) is 0 Å². The Morgan fingerprint density at radius 2 is 1.95 bits per heavy atom. The van der Waals surface area contributed by atoms with Gasteiger partial charge < -0.3 is 0 Å². The first-order valence-electron chi connectivity index (χ1n) is 7.34. The summed E-state index contributed by atoms with van der Waals surface area (Å²) in [5.41, 5.74) is 0.652. The standard InChI is InChI=1S/C16H18N2O2S/c1-18(14(19)11-7-3-2-4-8-11)16-17-13-10-6-5-9-12(13)15(20)21-16/h5-6,9-11H,2-4,7-8H2,1H3. The highest BCUT2D eigenvalue weighted by molar-refractivity contribution is 7.13. The first-order valence-corrected chi connectivity index (χ1v) is 8.16. The van der Waals surface area contributed by atoms with Gasteiger partial charge in [0.05, 0.1) is 10.9 Å². The molecule has 1 aliphatic rings. The van der Waals surface area contributed by atoms with Crippen molar-refractivity contribution in [1.29, 1.82) is 0 Å². The van der Waals surface area contributed by atoms with Gasteiger partial charge in [-0.15, -0.1) is 0 Å². The Morgan fingerprint density at radius 1 is 1.24 bits per heavy atom. The lowest BCUT2D eigenvalue weighted by atomic mass is 9.88. The number of hydrogen-bond donors (Lipinski definition) is 0. The van der Waals surface area contributed by atoms with Crippen molar-refractivity contribution in [2.45, 2.75) is 32.1 Å². The molecule has 1 heterocycles. The maximum absolute atomic E-state index is 12.5. The van der Waals surface area contributed by atoms with E-state index in [0.717, 1.165) is 37.0 Å². The number of carbonyl (C=O) groups excluding carboxylic acids is 1. The Bertz CT molecular complexity index is 720. The second-order valence-electron chi connectivity index (χ2n) is 5.53. The highest BCUT2D eigenvalue weighted by Gasteiger charge is 2.26. The minimum absolute atomic E-state index is 0.0427. The van der Waals surface area contributed by atoms with Crippen LogP contribution in [0.1, 0.15) is 32.1 Å². The number of aromatic nitrogens is 1. The minimum Gasteiger partial charge on any atom is -0.291 e. The molecule has 1 aromatic heterocycles. The summed E-state index contributed by atoms with van der Waals surface area (Å²) in [4.78, 5) is 30.7. The van der Waals surface area contributed by atoms with Gasteiger partial charge in [0.15, 0.2) is 5.13 Å². The van der Waals surface area contributed by atoms with E-state index >= 15 is 0 Å². The lowest BCUT2D eigenvalue weighted by Gasteiger charge is -2.25. The predicted octanol–water partition coefficient (Wildman–Crippen LogP) is 3.20. The summed E-state index contributed by atoms with van der Waals surface area (Å²) in [5.74, 6) is 0.174. The summed E-state index contributed by atoms with van der Waals surface area (Å²) in [5, 5.41) is 1.11. The number of benzene rings is 1. The van der Waals surface area contributed by atoms with Gasteiger partial charge in [0.1, 0.15) is 0 Å². The molecule has 110 valence electrons. The van der Waals surface area contributed by atoms with Crippen LogP contribution in [0.4, 0.5) is 5.13 Å². The van der Waals surface area contributed by atoms with Crippen LogP contribution in [0.3, 0.4) is 0 Å². The average Bonchev–Trinajstić information content (AvgIpc) is 2.54. The summed E-state index contributed by atoms with van der Waals surface area (Å²) in [7, 11) is 1.73. The Kier molecular flexibility index (Phi) is 4.01. The third kappa shape index (κ3) is 2.83. The molecular formula is C16H18N2O2S. The van der Waals surface area contributed by atoms with E-state index in [-0.39, 0.29) is 16.6 Å². The fraction of sp³-hybridized carbons (Fsp3) is 0.438. The van der Waals surface area contributed by atoms with E-state index in [1.54, 1.807) is 18.0 Å². The van der Waals surface area contributed by atoms with Gasteiger partial charge in [-0.05, 0) is 25.0 Å². The van der Waals surface area contributed by atoms with Crippen LogP contribution in [0.5, 0.6) is 0 Å². The number of rotatable bonds is 2. The maximum atomic E-state index is 12.5. The van der Waals surface area contributed by atoms with Gasteiger partial charge in [-0.3, -0.25) is 14.5 Å². The lowest BCUT2D eigenvalue weighted by molar-refractivity contribution is -0.123. The maximum Gasteiger partial charge on any atom is 0.245 e. The van der Waals surface area contributed by atoms with Crippen molar-refractivity contribution in [1.82, 2.24) is 4.98 Å². The van der Waals surface area contributed by atoms with Crippen LogP contribution in [0.25, 0.3) is 10.9 Å². The van der Waals surface area contributed by atoms with Crippen LogP contribution in [-0.4, -0.2) is 17.9 Å². The Labute approximate surface area is 127 Å². The summed E-state index contributed by atoms with van der Waals surface area (Å²) < 4.78 is -0.0427. The largest absolute Gasteiger partial charge is 0.291 e. The van der Waals surface area contributed by atoms with Gasteiger partial charge in [-0.1, -0.05) is 42.7 Å².